The zero-order valence-electron chi connectivity index (χ0n) is 12.1. The number of thioether (sulfide) groups is 1. The average Bonchev–Trinajstić information content (AvgIpc) is 2.38. The smallest absolute Gasteiger partial charge is 0.297 e. The largest absolute Gasteiger partial charge is 0.329 e. The fourth-order valence-electron chi connectivity index (χ4n) is 2.99. The molecule has 2 rings (SSSR count). The summed E-state index contributed by atoms with van der Waals surface area (Å²) < 4.78 is 1.40. The quantitative estimate of drug-likeness (QED) is 0.871. The van der Waals surface area contributed by atoms with Crippen LogP contribution in [-0.4, -0.2) is 21.1 Å². The molecule has 2 atom stereocenters. The van der Waals surface area contributed by atoms with Crippen LogP contribution in [0.3, 0.4) is 0 Å². The minimum Gasteiger partial charge on any atom is -0.297 e. The highest BCUT2D eigenvalue weighted by atomic mass is 35.5. The summed E-state index contributed by atoms with van der Waals surface area (Å²) in [6, 6.07) is -0.0234. The number of halogens is 1. The lowest BCUT2D eigenvalue weighted by molar-refractivity contribution is 0.345. The zero-order valence-corrected chi connectivity index (χ0v) is 13.7. The fourth-order valence-corrected chi connectivity index (χ4v) is 4.34. The Morgan fingerprint density at radius 2 is 1.95 bits per heavy atom. The van der Waals surface area contributed by atoms with E-state index in [1.54, 1.807) is 11.8 Å². The van der Waals surface area contributed by atoms with Crippen LogP contribution in [0.15, 0.2) is 9.59 Å². The van der Waals surface area contributed by atoms with Crippen molar-refractivity contribution < 1.29 is 0 Å². The van der Waals surface area contributed by atoms with E-state index in [1.165, 1.54) is 11.0 Å². The summed E-state index contributed by atoms with van der Waals surface area (Å²) in [6.07, 6.45) is 6.21. The molecular formula is C14H21ClN2O2S. The Bertz CT molecular complexity index is 594. The molecule has 0 saturated heterocycles. The van der Waals surface area contributed by atoms with Crippen LogP contribution in [0.1, 0.15) is 57.1 Å². The number of hydrogen-bond donors (Lipinski definition) is 1. The molecule has 0 aliphatic heterocycles. The molecule has 4 nitrogen and oxygen atoms in total. The highest BCUT2D eigenvalue weighted by Gasteiger charge is 2.29. The Balaban J connectivity index is 2.59. The summed E-state index contributed by atoms with van der Waals surface area (Å²) in [4.78, 5) is 27.5. The van der Waals surface area contributed by atoms with Crippen LogP contribution in [0.5, 0.6) is 0 Å². The van der Waals surface area contributed by atoms with Crippen LogP contribution in [0.4, 0.5) is 0 Å². The van der Waals surface area contributed by atoms with Gasteiger partial charge in [-0.05, 0) is 25.0 Å². The molecular weight excluding hydrogens is 296 g/mol. The molecule has 0 aromatic carbocycles. The van der Waals surface area contributed by atoms with Gasteiger partial charge in [-0.15, -0.1) is 0 Å². The molecule has 112 valence electrons. The summed E-state index contributed by atoms with van der Waals surface area (Å²) in [5.74, 6) is -0.00517. The monoisotopic (exact) mass is 316 g/mol. The number of hydrogen-bond acceptors (Lipinski definition) is 3. The Morgan fingerprint density at radius 3 is 2.55 bits per heavy atom. The van der Waals surface area contributed by atoms with Gasteiger partial charge in [-0.3, -0.25) is 14.3 Å². The van der Waals surface area contributed by atoms with Gasteiger partial charge in [-0.25, -0.2) is 4.79 Å². The number of nitrogens with zero attached hydrogens (tertiary/aromatic N) is 1. The fraction of sp³-hybridized carbons (Fsp3) is 0.714. The van der Waals surface area contributed by atoms with Crippen molar-refractivity contribution in [2.75, 3.05) is 6.26 Å². The Kier molecular flexibility index (Phi) is 5.02. The minimum absolute atomic E-state index is 0.00517. The molecule has 1 heterocycles. The molecule has 1 aliphatic carbocycles. The van der Waals surface area contributed by atoms with E-state index in [1.807, 2.05) is 20.1 Å². The van der Waals surface area contributed by atoms with E-state index >= 15 is 0 Å². The third kappa shape index (κ3) is 2.84. The molecule has 1 aromatic heterocycles. The van der Waals surface area contributed by atoms with E-state index in [4.69, 9.17) is 11.6 Å². The van der Waals surface area contributed by atoms with E-state index in [0.29, 0.717) is 10.8 Å². The van der Waals surface area contributed by atoms with Gasteiger partial charge in [0.15, 0.2) is 0 Å². The van der Waals surface area contributed by atoms with Crippen molar-refractivity contribution in [2.24, 2.45) is 0 Å². The van der Waals surface area contributed by atoms with Gasteiger partial charge in [-0.1, -0.05) is 38.3 Å². The second-order valence-corrected chi connectivity index (χ2v) is 7.07. The molecule has 0 bridgehead atoms. The molecule has 1 fully saturated rings. The highest BCUT2D eigenvalue weighted by molar-refractivity contribution is 7.99. The van der Waals surface area contributed by atoms with Crippen molar-refractivity contribution in [3.05, 3.63) is 31.6 Å². The standard InChI is InChI=1S/C14H21ClN2O2S/c1-8(2)11-12(15)16-14(19)17(13(11)18)9-6-4-5-7-10(9)20-3/h8-10H,4-7H2,1-3H3,(H,16,19). The van der Waals surface area contributed by atoms with E-state index in [0.717, 1.165) is 19.3 Å². The average molecular weight is 317 g/mol. The molecule has 6 heteroatoms. The van der Waals surface area contributed by atoms with Gasteiger partial charge in [0, 0.05) is 5.25 Å². The van der Waals surface area contributed by atoms with Gasteiger partial charge in [-0.2, -0.15) is 11.8 Å². The van der Waals surface area contributed by atoms with E-state index in [9.17, 15) is 9.59 Å². The van der Waals surface area contributed by atoms with E-state index < -0.39 is 0 Å². The van der Waals surface area contributed by atoms with Crippen LogP contribution in [0.2, 0.25) is 5.15 Å². The molecule has 20 heavy (non-hydrogen) atoms. The van der Waals surface area contributed by atoms with Gasteiger partial charge in [0.2, 0.25) is 0 Å². The summed E-state index contributed by atoms with van der Waals surface area (Å²) in [5.41, 5.74) is -0.0910. The number of aromatic nitrogens is 2. The van der Waals surface area contributed by atoms with Gasteiger partial charge >= 0.3 is 5.69 Å². The second-order valence-electron chi connectivity index (χ2n) is 5.61. The molecule has 1 aromatic rings. The van der Waals surface area contributed by atoms with Gasteiger partial charge < -0.3 is 0 Å². The van der Waals surface area contributed by atoms with Crippen LogP contribution in [-0.2, 0) is 0 Å². The third-order valence-corrected chi connectivity index (χ3v) is 5.45. The number of nitrogens with one attached hydrogen (secondary N) is 1. The topological polar surface area (TPSA) is 54.9 Å². The first kappa shape index (κ1) is 15.7. The Hall–Kier alpha value is -0.680. The third-order valence-electron chi connectivity index (χ3n) is 4.00. The summed E-state index contributed by atoms with van der Waals surface area (Å²) in [5, 5.41) is 0.506. The van der Waals surface area contributed by atoms with Crippen LogP contribution in [0, 0.1) is 0 Å². The first-order chi connectivity index (χ1) is 9.47. The van der Waals surface area contributed by atoms with Crippen LogP contribution < -0.4 is 11.2 Å². The Morgan fingerprint density at radius 1 is 1.30 bits per heavy atom. The Labute approximate surface area is 127 Å². The predicted molar refractivity (Wildman–Crippen MR) is 85.2 cm³/mol. The SMILES string of the molecule is CSC1CCCCC1n1c(=O)[nH]c(Cl)c(C(C)C)c1=O. The normalized spacial score (nSPS) is 23.2. The van der Waals surface area contributed by atoms with E-state index in [-0.39, 0.29) is 28.4 Å². The maximum Gasteiger partial charge on any atom is 0.329 e. The summed E-state index contributed by atoms with van der Waals surface area (Å²) in [6.45, 7) is 3.83. The van der Waals surface area contributed by atoms with Crippen molar-refractivity contribution in [1.29, 1.82) is 0 Å². The number of rotatable bonds is 3. The van der Waals surface area contributed by atoms with E-state index in [2.05, 4.69) is 4.98 Å². The molecule has 0 radical (unpaired) electrons. The molecule has 1 saturated carbocycles. The van der Waals surface area contributed by atoms with Crippen LogP contribution >= 0.6 is 23.4 Å². The van der Waals surface area contributed by atoms with Crippen LogP contribution in [0.25, 0.3) is 0 Å². The minimum atomic E-state index is -0.379. The van der Waals surface area contributed by atoms with Crippen molar-refractivity contribution in [3.63, 3.8) is 0 Å². The summed E-state index contributed by atoms with van der Waals surface area (Å²) >= 11 is 7.78. The molecule has 2 unspecified atom stereocenters. The molecule has 0 spiro atoms. The zero-order chi connectivity index (χ0) is 14.9. The lowest BCUT2D eigenvalue weighted by atomic mass is 9.94. The first-order valence-corrected chi connectivity index (χ1v) is 8.71. The summed E-state index contributed by atoms with van der Waals surface area (Å²) in [7, 11) is 0. The van der Waals surface area contributed by atoms with Gasteiger partial charge in [0.05, 0.1) is 11.6 Å². The lowest BCUT2D eigenvalue weighted by Gasteiger charge is -2.31. The van der Waals surface area contributed by atoms with Gasteiger partial charge in [0.25, 0.3) is 5.56 Å². The number of H-pyrrole nitrogens is 1. The first-order valence-electron chi connectivity index (χ1n) is 7.04. The molecule has 1 aliphatic rings. The van der Waals surface area contributed by atoms with Crippen molar-refractivity contribution in [2.45, 2.75) is 56.7 Å². The maximum absolute atomic E-state index is 12.7. The highest BCUT2D eigenvalue weighted by Crippen LogP contribution is 2.34. The molecule has 0 amide bonds. The number of aromatic amines is 1. The maximum atomic E-state index is 12.7. The van der Waals surface area contributed by atoms with Crippen molar-refractivity contribution >= 4 is 23.4 Å². The predicted octanol–water partition coefficient (Wildman–Crippen LogP) is 3.16. The van der Waals surface area contributed by atoms with Crippen molar-refractivity contribution in [1.82, 2.24) is 9.55 Å². The lowest BCUT2D eigenvalue weighted by Crippen LogP contribution is -2.44. The van der Waals surface area contributed by atoms with Crippen molar-refractivity contribution in [3.8, 4) is 0 Å². The second kappa shape index (κ2) is 6.39. The molecule has 1 N–H and O–H groups in total. The van der Waals surface area contributed by atoms with Gasteiger partial charge in [0.1, 0.15) is 5.15 Å².